The van der Waals surface area contributed by atoms with Gasteiger partial charge in [-0.15, -0.1) is 0 Å². The molecule has 0 atom stereocenters. The maximum absolute atomic E-state index is 12.5. The molecule has 0 amide bonds. The van der Waals surface area contributed by atoms with Gasteiger partial charge in [-0.25, -0.2) is 0 Å². The Kier molecular flexibility index (Phi) is 5.39. The Labute approximate surface area is 147 Å². The van der Waals surface area contributed by atoms with E-state index in [1.807, 2.05) is 54.7 Å². The quantitative estimate of drug-likeness (QED) is 0.653. The Morgan fingerprint density at radius 1 is 1.00 bits per heavy atom. The van der Waals surface area contributed by atoms with Crippen molar-refractivity contribution in [2.24, 2.45) is 0 Å². The molecule has 0 fully saturated rings. The lowest BCUT2D eigenvalue weighted by atomic mass is 10.1. The number of aryl methyl sites for hydroxylation is 1. The molecule has 1 aromatic heterocycles. The number of hydrogen-bond acceptors (Lipinski definition) is 3. The topological polar surface area (TPSA) is 40.5 Å². The van der Waals surface area contributed by atoms with Crippen LogP contribution in [0.4, 0.5) is 0 Å². The van der Waals surface area contributed by atoms with Crippen LogP contribution in [-0.2, 0) is 13.0 Å². The summed E-state index contributed by atoms with van der Waals surface area (Å²) in [4.78, 5) is 12.5. The van der Waals surface area contributed by atoms with Crippen molar-refractivity contribution in [3.63, 3.8) is 0 Å². The minimum Gasteiger partial charge on any atom is -0.497 e. The Morgan fingerprint density at radius 3 is 2.52 bits per heavy atom. The molecule has 3 aromatic rings. The SMILES string of the molecule is CCCn1ccc2c(OCCc3ccc(OC)cc3)cccc2c1=O. The first kappa shape index (κ1) is 17.1. The van der Waals surface area contributed by atoms with Crippen LogP contribution in [0.5, 0.6) is 11.5 Å². The number of rotatable bonds is 7. The smallest absolute Gasteiger partial charge is 0.258 e. The van der Waals surface area contributed by atoms with E-state index in [-0.39, 0.29) is 5.56 Å². The van der Waals surface area contributed by atoms with E-state index in [1.54, 1.807) is 11.7 Å². The number of methoxy groups -OCH3 is 1. The highest BCUT2D eigenvalue weighted by Gasteiger charge is 2.07. The van der Waals surface area contributed by atoms with Crippen molar-refractivity contribution in [1.29, 1.82) is 0 Å². The molecule has 4 nitrogen and oxygen atoms in total. The molecule has 0 radical (unpaired) electrons. The summed E-state index contributed by atoms with van der Waals surface area (Å²) in [7, 11) is 1.66. The molecule has 2 aromatic carbocycles. The zero-order valence-electron chi connectivity index (χ0n) is 14.7. The highest BCUT2D eigenvalue weighted by atomic mass is 16.5. The lowest BCUT2D eigenvalue weighted by Gasteiger charge is -2.11. The van der Waals surface area contributed by atoms with E-state index in [1.165, 1.54) is 5.56 Å². The summed E-state index contributed by atoms with van der Waals surface area (Å²) in [6, 6.07) is 15.6. The van der Waals surface area contributed by atoms with Crippen LogP contribution in [0.3, 0.4) is 0 Å². The summed E-state index contributed by atoms with van der Waals surface area (Å²) in [5, 5.41) is 1.58. The molecule has 0 N–H and O–H groups in total. The predicted molar refractivity (Wildman–Crippen MR) is 101 cm³/mol. The molecule has 0 spiro atoms. The summed E-state index contributed by atoms with van der Waals surface area (Å²) in [6.45, 7) is 3.36. The van der Waals surface area contributed by atoms with Crippen molar-refractivity contribution in [3.05, 3.63) is 70.6 Å². The van der Waals surface area contributed by atoms with E-state index in [0.29, 0.717) is 12.0 Å². The van der Waals surface area contributed by atoms with Crippen LogP contribution >= 0.6 is 0 Å². The lowest BCUT2D eigenvalue weighted by Crippen LogP contribution is -2.19. The third-order valence-electron chi connectivity index (χ3n) is 4.25. The number of aromatic nitrogens is 1. The van der Waals surface area contributed by atoms with Gasteiger partial charge in [0.1, 0.15) is 11.5 Å². The Morgan fingerprint density at radius 2 is 1.80 bits per heavy atom. The summed E-state index contributed by atoms with van der Waals surface area (Å²) < 4.78 is 12.9. The molecule has 0 saturated heterocycles. The van der Waals surface area contributed by atoms with Gasteiger partial charge in [0.05, 0.1) is 19.1 Å². The van der Waals surface area contributed by atoms with Crippen molar-refractivity contribution in [3.8, 4) is 11.5 Å². The molecule has 0 aliphatic heterocycles. The van der Waals surface area contributed by atoms with Gasteiger partial charge in [-0.2, -0.15) is 0 Å². The van der Waals surface area contributed by atoms with Crippen LogP contribution in [0.2, 0.25) is 0 Å². The average Bonchev–Trinajstić information content (AvgIpc) is 2.65. The van der Waals surface area contributed by atoms with Crippen LogP contribution < -0.4 is 15.0 Å². The number of ether oxygens (including phenoxy) is 2. The van der Waals surface area contributed by atoms with Gasteiger partial charge in [0.2, 0.25) is 0 Å². The highest BCUT2D eigenvalue weighted by molar-refractivity contribution is 5.87. The number of fused-ring (bicyclic) bond motifs is 1. The largest absolute Gasteiger partial charge is 0.497 e. The molecule has 3 rings (SSSR count). The van der Waals surface area contributed by atoms with Gasteiger partial charge in [0.15, 0.2) is 0 Å². The van der Waals surface area contributed by atoms with Crippen LogP contribution in [0.1, 0.15) is 18.9 Å². The van der Waals surface area contributed by atoms with E-state index >= 15 is 0 Å². The van der Waals surface area contributed by atoms with Gasteiger partial charge < -0.3 is 14.0 Å². The highest BCUT2D eigenvalue weighted by Crippen LogP contribution is 2.23. The van der Waals surface area contributed by atoms with Gasteiger partial charge in [-0.05, 0) is 42.3 Å². The van der Waals surface area contributed by atoms with Crippen molar-refractivity contribution < 1.29 is 9.47 Å². The van der Waals surface area contributed by atoms with Gasteiger partial charge in [0.25, 0.3) is 5.56 Å². The van der Waals surface area contributed by atoms with Gasteiger partial charge in [0, 0.05) is 24.5 Å². The number of nitrogens with zero attached hydrogens (tertiary/aromatic N) is 1. The fraction of sp³-hybridized carbons (Fsp3) is 0.286. The van der Waals surface area contributed by atoms with Crippen molar-refractivity contribution >= 4 is 10.8 Å². The molecular formula is C21H23NO3. The summed E-state index contributed by atoms with van der Waals surface area (Å²) in [5.41, 5.74) is 1.23. The minimum absolute atomic E-state index is 0.0416. The van der Waals surface area contributed by atoms with Gasteiger partial charge in [-0.1, -0.05) is 25.1 Å². The monoisotopic (exact) mass is 337 g/mol. The molecule has 0 unspecified atom stereocenters. The van der Waals surface area contributed by atoms with Crippen LogP contribution in [0.25, 0.3) is 10.8 Å². The van der Waals surface area contributed by atoms with Crippen molar-refractivity contribution in [2.45, 2.75) is 26.3 Å². The van der Waals surface area contributed by atoms with Crippen molar-refractivity contribution in [1.82, 2.24) is 4.57 Å². The Balaban J connectivity index is 1.75. The lowest BCUT2D eigenvalue weighted by molar-refractivity contribution is 0.325. The molecule has 1 heterocycles. The number of pyridine rings is 1. The summed E-state index contributed by atoms with van der Waals surface area (Å²) in [5.74, 6) is 1.61. The second-order valence-electron chi connectivity index (χ2n) is 5.98. The van der Waals surface area contributed by atoms with E-state index in [9.17, 15) is 4.79 Å². The summed E-state index contributed by atoms with van der Waals surface area (Å²) >= 11 is 0. The Bertz CT molecular complexity index is 897. The molecule has 25 heavy (non-hydrogen) atoms. The predicted octanol–water partition coefficient (Wildman–Crippen LogP) is 4.04. The van der Waals surface area contributed by atoms with Gasteiger partial charge >= 0.3 is 0 Å². The number of benzene rings is 2. The zero-order chi connectivity index (χ0) is 17.6. The first-order chi connectivity index (χ1) is 12.2. The third-order valence-corrected chi connectivity index (χ3v) is 4.25. The maximum atomic E-state index is 12.5. The second-order valence-corrected chi connectivity index (χ2v) is 5.98. The molecule has 4 heteroatoms. The second kappa shape index (κ2) is 7.88. The maximum Gasteiger partial charge on any atom is 0.258 e. The van der Waals surface area contributed by atoms with Gasteiger partial charge in [-0.3, -0.25) is 4.79 Å². The third kappa shape index (κ3) is 3.85. The standard InChI is InChI=1S/C21H23NO3/c1-3-13-22-14-11-18-19(21(22)23)5-4-6-20(18)25-15-12-16-7-9-17(24-2)10-8-16/h4-11,14H,3,12-13,15H2,1-2H3. The zero-order valence-corrected chi connectivity index (χ0v) is 14.7. The number of hydrogen-bond donors (Lipinski definition) is 0. The Hall–Kier alpha value is -2.75. The van der Waals surface area contributed by atoms with Crippen LogP contribution in [-0.4, -0.2) is 18.3 Å². The van der Waals surface area contributed by atoms with E-state index < -0.39 is 0 Å². The summed E-state index contributed by atoms with van der Waals surface area (Å²) in [6.07, 6.45) is 3.58. The molecule has 0 aliphatic rings. The van der Waals surface area contributed by atoms with Crippen molar-refractivity contribution in [2.75, 3.05) is 13.7 Å². The minimum atomic E-state index is 0.0416. The molecule has 0 saturated carbocycles. The van der Waals surface area contributed by atoms with E-state index in [0.717, 1.165) is 36.3 Å². The van der Waals surface area contributed by atoms with E-state index in [2.05, 4.69) is 6.92 Å². The fourth-order valence-corrected chi connectivity index (χ4v) is 2.90. The fourth-order valence-electron chi connectivity index (χ4n) is 2.90. The van der Waals surface area contributed by atoms with Crippen LogP contribution in [0, 0.1) is 0 Å². The van der Waals surface area contributed by atoms with Crippen LogP contribution in [0.15, 0.2) is 59.5 Å². The van der Waals surface area contributed by atoms with E-state index in [4.69, 9.17) is 9.47 Å². The molecular weight excluding hydrogens is 314 g/mol. The molecule has 0 aliphatic carbocycles. The first-order valence-corrected chi connectivity index (χ1v) is 8.61. The molecule has 0 bridgehead atoms. The average molecular weight is 337 g/mol. The molecule has 130 valence electrons. The normalized spacial score (nSPS) is 10.8. The first-order valence-electron chi connectivity index (χ1n) is 8.61.